The van der Waals surface area contributed by atoms with E-state index in [2.05, 4.69) is 42.3 Å². The van der Waals surface area contributed by atoms with Gasteiger partial charge in [-0.3, -0.25) is 0 Å². The van der Waals surface area contributed by atoms with Gasteiger partial charge in [-0.25, -0.2) is 4.98 Å². The maximum Gasteiger partial charge on any atom is 0.128 e. The van der Waals surface area contributed by atoms with E-state index in [9.17, 15) is 0 Å². The second-order valence-corrected chi connectivity index (χ2v) is 5.16. The minimum atomic E-state index is 0.870. The van der Waals surface area contributed by atoms with Crippen LogP contribution in [0, 0.1) is 5.92 Å². The molecule has 1 aliphatic heterocycles. The highest BCUT2D eigenvalue weighted by molar-refractivity contribution is 5.40. The fraction of sp³-hybridized carbons (Fsp3) is 0.667. The third-order valence-electron chi connectivity index (χ3n) is 3.65. The van der Waals surface area contributed by atoms with Crippen LogP contribution in [0.25, 0.3) is 0 Å². The van der Waals surface area contributed by atoms with Gasteiger partial charge in [0.1, 0.15) is 5.82 Å². The van der Waals surface area contributed by atoms with E-state index >= 15 is 0 Å². The molecule has 3 nitrogen and oxygen atoms in total. The number of anilines is 1. The summed E-state index contributed by atoms with van der Waals surface area (Å²) in [5.41, 5.74) is 1.15. The van der Waals surface area contributed by atoms with E-state index in [4.69, 9.17) is 4.98 Å². The fourth-order valence-electron chi connectivity index (χ4n) is 2.68. The third-order valence-corrected chi connectivity index (χ3v) is 3.65. The van der Waals surface area contributed by atoms with Gasteiger partial charge in [0.05, 0.1) is 5.69 Å². The van der Waals surface area contributed by atoms with Crippen molar-refractivity contribution in [1.29, 1.82) is 0 Å². The quantitative estimate of drug-likeness (QED) is 0.838. The zero-order chi connectivity index (χ0) is 12.8. The summed E-state index contributed by atoms with van der Waals surface area (Å²) in [7, 11) is 0. The maximum atomic E-state index is 4.75. The number of pyridine rings is 1. The summed E-state index contributed by atoms with van der Waals surface area (Å²) >= 11 is 0. The zero-order valence-corrected chi connectivity index (χ0v) is 11.7. The van der Waals surface area contributed by atoms with Crippen LogP contribution in [0.3, 0.4) is 0 Å². The van der Waals surface area contributed by atoms with E-state index in [1.807, 2.05) is 0 Å². The van der Waals surface area contributed by atoms with Crippen LogP contribution in [0.15, 0.2) is 18.2 Å². The Morgan fingerprint density at radius 3 is 3.06 bits per heavy atom. The van der Waals surface area contributed by atoms with Crippen LogP contribution in [0.2, 0.25) is 0 Å². The molecule has 0 aliphatic carbocycles. The van der Waals surface area contributed by atoms with Gasteiger partial charge in [0, 0.05) is 19.6 Å². The topological polar surface area (TPSA) is 28.2 Å². The Kier molecular flexibility index (Phi) is 5.00. The Balaban J connectivity index is 1.96. The lowest BCUT2D eigenvalue weighted by atomic mass is 10.0. The van der Waals surface area contributed by atoms with Crippen LogP contribution in [-0.2, 0) is 6.54 Å². The summed E-state index contributed by atoms with van der Waals surface area (Å²) in [4.78, 5) is 7.19. The number of hydrogen-bond acceptors (Lipinski definition) is 3. The minimum absolute atomic E-state index is 0.870. The first kappa shape index (κ1) is 13.3. The van der Waals surface area contributed by atoms with E-state index in [-0.39, 0.29) is 0 Å². The second kappa shape index (κ2) is 6.74. The molecule has 0 amide bonds. The number of aromatic nitrogens is 1. The molecule has 0 radical (unpaired) electrons. The summed E-state index contributed by atoms with van der Waals surface area (Å²) in [5.74, 6) is 2.03. The molecule has 1 aromatic heterocycles. The molecular formula is C15H25N3. The van der Waals surface area contributed by atoms with Crippen LogP contribution in [-0.4, -0.2) is 24.6 Å². The molecule has 1 unspecified atom stereocenters. The van der Waals surface area contributed by atoms with Crippen molar-refractivity contribution in [1.82, 2.24) is 10.3 Å². The maximum absolute atomic E-state index is 4.75. The van der Waals surface area contributed by atoms with Gasteiger partial charge in [-0.1, -0.05) is 26.3 Å². The van der Waals surface area contributed by atoms with Gasteiger partial charge in [-0.2, -0.15) is 0 Å². The van der Waals surface area contributed by atoms with E-state index in [1.165, 1.54) is 32.4 Å². The van der Waals surface area contributed by atoms with E-state index in [1.54, 1.807) is 0 Å². The Hall–Kier alpha value is -1.09. The average molecular weight is 247 g/mol. The Morgan fingerprint density at radius 2 is 2.28 bits per heavy atom. The molecule has 100 valence electrons. The first-order valence-electron chi connectivity index (χ1n) is 7.25. The van der Waals surface area contributed by atoms with Crippen molar-refractivity contribution in [3.8, 4) is 0 Å². The fourth-order valence-corrected chi connectivity index (χ4v) is 2.68. The van der Waals surface area contributed by atoms with Crippen molar-refractivity contribution in [3.05, 3.63) is 23.9 Å². The Morgan fingerprint density at radius 1 is 1.39 bits per heavy atom. The number of nitrogens with zero attached hydrogens (tertiary/aromatic N) is 2. The molecule has 18 heavy (non-hydrogen) atoms. The summed E-state index contributed by atoms with van der Waals surface area (Å²) in [5, 5.41) is 3.33. The van der Waals surface area contributed by atoms with Crippen molar-refractivity contribution < 1.29 is 0 Å². The van der Waals surface area contributed by atoms with Crippen molar-refractivity contribution in [3.63, 3.8) is 0 Å². The normalized spacial score (nSPS) is 19.4. The lowest BCUT2D eigenvalue weighted by molar-refractivity contribution is 0.529. The molecule has 0 saturated carbocycles. The van der Waals surface area contributed by atoms with Gasteiger partial charge >= 0.3 is 0 Å². The van der Waals surface area contributed by atoms with Gasteiger partial charge in [-0.15, -0.1) is 0 Å². The molecule has 1 fully saturated rings. The average Bonchev–Trinajstić information content (AvgIpc) is 2.86. The van der Waals surface area contributed by atoms with E-state index in [0.717, 1.165) is 30.5 Å². The predicted molar refractivity (Wildman–Crippen MR) is 76.8 cm³/mol. The van der Waals surface area contributed by atoms with Crippen molar-refractivity contribution in [2.45, 2.75) is 39.7 Å². The molecule has 1 atom stereocenters. The summed E-state index contributed by atoms with van der Waals surface area (Å²) in [6.07, 6.45) is 3.98. The number of nitrogens with one attached hydrogen (secondary N) is 1. The first-order valence-corrected chi connectivity index (χ1v) is 7.25. The molecule has 1 N–H and O–H groups in total. The van der Waals surface area contributed by atoms with Gasteiger partial charge in [0.15, 0.2) is 0 Å². The molecule has 2 rings (SSSR count). The first-order chi connectivity index (χ1) is 8.83. The molecule has 2 heterocycles. The molecular weight excluding hydrogens is 222 g/mol. The van der Waals surface area contributed by atoms with Gasteiger partial charge in [0.25, 0.3) is 0 Å². The highest BCUT2D eigenvalue weighted by atomic mass is 15.2. The van der Waals surface area contributed by atoms with Gasteiger partial charge < -0.3 is 10.2 Å². The van der Waals surface area contributed by atoms with Crippen LogP contribution < -0.4 is 10.2 Å². The van der Waals surface area contributed by atoms with Crippen molar-refractivity contribution in [2.24, 2.45) is 5.92 Å². The van der Waals surface area contributed by atoms with Crippen LogP contribution >= 0.6 is 0 Å². The number of hydrogen-bond donors (Lipinski definition) is 1. The monoisotopic (exact) mass is 247 g/mol. The van der Waals surface area contributed by atoms with Crippen LogP contribution in [0.5, 0.6) is 0 Å². The van der Waals surface area contributed by atoms with E-state index in [0.29, 0.717) is 0 Å². The Labute approximate surface area is 111 Å². The van der Waals surface area contributed by atoms with Gasteiger partial charge in [0.2, 0.25) is 0 Å². The Bertz CT molecular complexity index is 365. The summed E-state index contributed by atoms with van der Waals surface area (Å²) in [6, 6.07) is 6.37. The molecule has 1 aromatic rings. The van der Waals surface area contributed by atoms with Crippen LogP contribution in [0.4, 0.5) is 5.82 Å². The highest BCUT2D eigenvalue weighted by Crippen LogP contribution is 2.25. The SMILES string of the molecule is CCCC1CCN(c2cccc(CNCC)n2)C1. The molecule has 0 spiro atoms. The number of rotatable bonds is 6. The van der Waals surface area contributed by atoms with Crippen molar-refractivity contribution >= 4 is 5.82 Å². The van der Waals surface area contributed by atoms with Crippen molar-refractivity contribution in [2.75, 3.05) is 24.5 Å². The molecule has 1 aliphatic rings. The molecule has 3 heteroatoms. The van der Waals surface area contributed by atoms with Crippen LogP contribution in [0.1, 0.15) is 38.8 Å². The highest BCUT2D eigenvalue weighted by Gasteiger charge is 2.22. The largest absolute Gasteiger partial charge is 0.356 e. The molecule has 1 saturated heterocycles. The molecule has 0 aromatic carbocycles. The standard InChI is InChI=1S/C15H25N3/c1-3-6-13-9-10-18(12-13)15-8-5-7-14(17-15)11-16-4-2/h5,7-8,13,16H,3-4,6,9-12H2,1-2H3. The zero-order valence-electron chi connectivity index (χ0n) is 11.7. The second-order valence-electron chi connectivity index (χ2n) is 5.16. The summed E-state index contributed by atoms with van der Waals surface area (Å²) < 4.78 is 0. The molecule has 0 bridgehead atoms. The van der Waals surface area contributed by atoms with Gasteiger partial charge in [-0.05, 0) is 37.4 Å². The smallest absolute Gasteiger partial charge is 0.128 e. The lowest BCUT2D eigenvalue weighted by Crippen LogP contribution is -2.22. The third kappa shape index (κ3) is 3.45. The predicted octanol–water partition coefficient (Wildman–Crippen LogP) is 2.82. The van der Waals surface area contributed by atoms with E-state index < -0.39 is 0 Å². The minimum Gasteiger partial charge on any atom is -0.356 e. The summed E-state index contributed by atoms with van der Waals surface area (Å²) in [6.45, 7) is 8.62. The lowest BCUT2D eigenvalue weighted by Gasteiger charge is -2.18.